The Labute approximate surface area is 237 Å². The van der Waals surface area contributed by atoms with Gasteiger partial charge in [-0.25, -0.2) is 9.59 Å². The molecule has 0 fully saturated rings. The maximum Gasteiger partial charge on any atom is 0.336 e. The highest BCUT2D eigenvalue weighted by atomic mass is 16.5. The van der Waals surface area contributed by atoms with Crippen molar-refractivity contribution in [1.82, 2.24) is 0 Å². The molecule has 0 aromatic heterocycles. The molecule has 0 saturated heterocycles. The standard InChI is InChI=1S/C26H35NO4.C7H6O2/c1-17-20(22(28)29)10-9-11-21(17)27-23(30)26(7,8)31-19-14-12-18(13-15-19)25(5,6)16-24(2,3)4;8-7(9)6-4-2-1-3-5-6/h9-15H,16H2,1-8H3,(H,27,30)(H,28,29);1-5H,(H,8,9). The molecule has 1 amide bonds. The largest absolute Gasteiger partial charge is 0.478 e. The summed E-state index contributed by atoms with van der Waals surface area (Å²) in [7, 11) is 0. The molecule has 0 saturated carbocycles. The molecule has 0 bridgehead atoms. The van der Waals surface area contributed by atoms with Crippen LogP contribution in [0.1, 0.15) is 86.7 Å². The van der Waals surface area contributed by atoms with E-state index >= 15 is 0 Å². The van der Waals surface area contributed by atoms with E-state index in [0.29, 0.717) is 22.6 Å². The van der Waals surface area contributed by atoms with Gasteiger partial charge in [-0.1, -0.05) is 71.0 Å². The zero-order valence-electron chi connectivity index (χ0n) is 24.7. The van der Waals surface area contributed by atoms with Crippen molar-refractivity contribution in [2.45, 2.75) is 72.8 Å². The first-order valence-electron chi connectivity index (χ1n) is 13.2. The van der Waals surface area contributed by atoms with Crippen molar-refractivity contribution in [3.63, 3.8) is 0 Å². The molecule has 0 atom stereocenters. The van der Waals surface area contributed by atoms with Gasteiger partial charge < -0.3 is 20.3 Å². The topological polar surface area (TPSA) is 113 Å². The van der Waals surface area contributed by atoms with Crippen LogP contribution in [0.5, 0.6) is 5.75 Å². The van der Waals surface area contributed by atoms with E-state index in [1.54, 1.807) is 63.2 Å². The van der Waals surface area contributed by atoms with Gasteiger partial charge in [0.15, 0.2) is 5.60 Å². The Morgan fingerprint density at radius 3 is 1.80 bits per heavy atom. The molecule has 0 aliphatic carbocycles. The van der Waals surface area contributed by atoms with E-state index in [-0.39, 0.29) is 22.3 Å². The maximum absolute atomic E-state index is 12.9. The zero-order valence-corrected chi connectivity index (χ0v) is 24.7. The fraction of sp³-hybridized carbons (Fsp3) is 0.364. The molecule has 3 aromatic carbocycles. The van der Waals surface area contributed by atoms with E-state index in [2.05, 4.69) is 52.1 Å². The quantitative estimate of drug-likeness (QED) is 0.268. The number of carbonyl (C=O) groups excluding carboxylic acids is 1. The number of carboxylic acid groups (broad SMARTS) is 2. The Morgan fingerprint density at radius 1 is 0.750 bits per heavy atom. The Kier molecular flexibility index (Phi) is 10.3. The molecule has 214 valence electrons. The van der Waals surface area contributed by atoms with Crippen LogP contribution in [0.3, 0.4) is 0 Å². The highest BCUT2D eigenvalue weighted by Crippen LogP contribution is 2.37. The van der Waals surface area contributed by atoms with Crippen LogP contribution in [0.2, 0.25) is 0 Å². The molecule has 0 heterocycles. The second-order valence-corrected chi connectivity index (χ2v) is 12.2. The minimum Gasteiger partial charge on any atom is -0.478 e. The first-order chi connectivity index (χ1) is 18.4. The molecule has 3 rings (SSSR count). The van der Waals surface area contributed by atoms with Gasteiger partial charge in [0.1, 0.15) is 5.75 Å². The highest BCUT2D eigenvalue weighted by molar-refractivity contribution is 5.99. The number of hydrogen-bond donors (Lipinski definition) is 3. The zero-order chi connectivity index (χ0) is 30.3. The van der Waals surface area contributed by atoms with Gasteiger partial charge in [-0.15, -0.1) is 0 Å². The highest BCUT2D eigenvalue weighted by Gasteiger charge is 2.31. The van der Waals surface area contributed by atoms with E-state index in [1.165, 1.54) is 11.6 Å². The monoisotopic (exact) mass is 547 g/mol. The maximum atomic E-state index is 12.9. The van der Waals surface area contributed by atoms with Crippen molar-refractivity contribution in [1.29, 1.82) is 0 Å². The van der Waals surface area contributed by atoms with Crippen molar-refractivity contribution < 1.29 is 29.3 Å². The molecular formula is C33H41NO6. The van der Waals surface area contributed by atoms with E-state index in [0.717, 1.165) is 6.42 Å². The summed E-state index contributed by atoms with van der Waals surface area (Å²) in [6.45, 7) is 16.2. The third-order valence-electron chi connectivity index (χ3n) is 6.36. The Hall–Kier alpha value is -4.13. The predicted molar refractivity (Wildman–Crippen MR) is 158 cm³/mol. The first-order valence-corrected chi connectivity index (χ1v) is 13.2. The van der Waals surface area contributed by atoms with Crippen molar-refractivity contribution in [3.8, 4) is 5.75 Å². The molecular weight excluding hydrogens is 506 g/mol. The minimum atomic E-state index is -1.14. The van der Waals surface area contributed by atoms with Crippen LogP contribution in [0, 0.1) is 12.3 Å². The second-order valence-electron chi connectivity index (χ2n) is 12.2. The average molecular weight is 548 g/mol. The van der Waals surface area contributed by atoms with E-state index in [4.69, 9.17) is 9.84 Å². The minimum absolute atomic E-state index is 0.0242. The summed E-state index contributed by atoms with van der Waals surface area (Å²) >= 11 is 0. The fourth-order valence-corrected chi connectivity index (χ4v) is 4.60. The number of rotatable bonds is 8. The molecule has 40 heavy (non-hydrogen) atoms. The Bertz CT molecular complexity index is 1320. The normalized spacial score (nSPS) is 11.6. The van der Waals surface area contributed by atoms with Gasteiger partial charge in [-0.3, -0.25) is 4.79 Å². The molecule has 0 aliphatic rings. The predicted octanol–water partition coefficient (Wildman–Crippen LogP) is 7.59. The molecule has 3 aromatic rings. The van der Waals surface area contributed by atoms with Gasteiger partial charge in [-0.2, -0.15) is 0 Å². The number of amides is 1. The summed E-state index contributed by atoms with van der Waals surface area (Å²) in [6, 6.07) is 21.0. The summed E-state index contributed by atoms with van der Waals surface area (Å²) in [5.41, 5.74) is 1.77. The third kappa shape index (κ3) is 9.26. The van der Waals surface area contributed by atoms with Crippen molar-refractivity contribution in [3.05, 3.63) is 95.1 Å². The van der Waals surface area contributed by atoms with Gasteiger partial charge in [0.25, 0.3) is 5.91 Å². The van der Waals surface area contributed by atoms with Crippen LogP contribution in [0.15, 0.2) is 72.8 Å². The van der Waals surface area contributed by atoms with E-state index in [1.807, 2.05) is 12.1 Å². The summed E-state index contributed by atoms with van der Waals surface area (Å²) in [4.78, 5) is 34.4. The Morgan fingerprint density at radius 2 is 1.32 bits per heavy atom. The van der Waals surface area contributed by atoms with E-state index < -0.39 is 17.5 Å². The summed E-state index contributed by atoms with van der Waals surface area (Å²) < 4.78 is 5.99. The Balaban J connectivity index is 0.000000526. The lowest BCUT2D eigenvalue weighted by molar-refractivity contribution is -0.128. The lowest BCUT2D eigenvalue weighted by atomic mass is 9.72. The van der Waals surface area contributed by atoms with Crippen molar-refractivity contribution in [2.75, 3.05) is 5.32 Å². The molecule has 0 radical (unpaired) electrons. The van der Waals surface area contributed by atoms with Crippen LogP contribution in [-0.4, -0.2) is 33.7 Å². The number of hydrogen-bond acceptors (Lipinski definition) is 4. The SMILES string of the molecule is Cc1c(NC(=O)C(C)(C)Oc2ccc(C(C)(C)CC(C)(C)C)cc2)cccc1C(=O)O.O=C(O)c1ccccc1. The second kappa shape index (κ2) is 12.8. The van der Waals surface area contributed by atoms with Crippen LogP contribution >= 0.6 is 0 Å². The van der Waals surface area contributed by atoms with Crippen LogP contribution in [0.25, 0.3) is 0 Å². The van der Waals surface area contributed by atoms with Gasteiger partial charge in [0.2, 0.25) is 0 Å². The van der Waals surface area contributed by atoms with Gasteiger partial charge in [0, 0.05) is 5.69 Å². The summed E-state index contributed by atoms with van der Waals surface area (Å²) in [5.74, 6) is -1.66. The van der Waals surface area contributed by atoms with Gasteiger partial charge in [-0.05, 0) is 85.5 Å². The lowest BCUT2D eigenvalue weighted by Gasteiger charge is -2.33. The van der Waals surface area contributed by atoms with Crippen molar-refractivity contribution >= 4 is 23.5 Å². The molecule has 0 unspecified atom stereocenters. The number of benzene rings is 3. The number of anilines is 1. The molecule has 0 spiro atoms. The van der Waals surface area contributed by atoms with Crippen LogP contribution in [0.4, 0.5) is 5.69 Å². The van der Waals surface area contributed by atoms with Gasteiger partial charge in [0.05, 0.1) is 11.1 Å². The third-order valence-corrected chi connectivity index (χ3v) is 6.36. The lowest BCUT2D eigenvalue weighted by Crippen LogP contribution is -2.42. The molecule has 0 aliphatic heterocycles. The van der Waals surface area contributed by atoms with Crippen LogP contribution in [-0.2, 0) is 10.2 Å². The summed E-state index contributed by atoms with van der Waals surface area (Å²) in [6.07, 6.45) is 1.04. The fourth-order valence-electron chi connectivity index (χ4n) is 4.60. The number of carboxylic acids is 2. The molecule has 3 N–H and O–H groups in total. The number of aromatic carboxylic acids is 2. The molecule has 7 nitrogen and oxygen atoms in total. The smallest absolute Gasteiger partial charge is 0.336 e. The average Bonchev–Trinajstić information content (AvgIpc) is 2.84. The van der Waals surface area contributed by atoms with E-state index in [9.17, 15) is 19.5 Å². The molecule has 7 heteroatoms. The van der Waals surface area contributed by atoms with Crippen molar-refractivity contribution in [2.24, 2.45) is 5.41 Å². The van der Waals surface area contributed by atoms with Gasteiger partial charge >= 0.3 is 11.9 Å². The van der Waals surface area contributed by atoms with Crippen LogP contribution < -0.4 is 10.1 Å². The number of carbonyl (C=O) groups is 3. The summed E-state index contributed by atoms with van der Waals surface area (Å²) in [5, 5.41) is 20.5. The number of nitrogens with one attached hydrogen (secondary N) is 1. The number of ether oxygens (including phenoxy) is 1. The first kappa shape index (κ1) is 32.1.